The summed E-state index contributed by atoms with van der Waals surface area (Å²) in [6.45, 7) is 0. The van der Waals surface area contributed by atoms with Gasteiger partial charge in [-0.05, 0) is 24.3 Å². The fourth-order valence-corrected chi connectivity index (χ4v) is 1.50. The average Bonchev–Trinajstić information content (AvgIpc) is 2.90. The molecule has 83 valence electrons. The first-order valence-corrected chi connectivity index (χ1v) is 5.18. The Bertz CT molecular complexity index is 555. The van der Waals surface area contributed by atoms with Gasteiger partial charge in [-0.3, -0.25) is 15.1 Å². The molecule has 6 heteroatoms. The Morgan fingerprint density at radius 1 is 1.00 bits per heavy atom. The molecule has 3 aromatic rings. The minimum absolute atomic E-state index is 0. The Morgan fingerprint density at radius 2 is 1.94 bits per heavy atom. The van der Waals surface area contributed by atoms with E-state index in [2.05, 4.69) is 25.1 Å². The Kier molecular flexibility index (Phi) is 4.19. The molecule has 3 heterocycles. The van der Waals surface area contributed by atoms with Crippen LogP contribution in [-0.4, -0.2) is 54.7 Å². The van der Waals surface area contributed by atoms with Gasteiger partial charge in [0.25, 0.3) is 0 Å². The van der Waals surface area contributed by atoms with Crippen molar-refractivity contribution >= 4 is 29.6 Å². The van der Waals surface area contributed by atoms with Gasteiger partial charge >= 0.3 is 0 Å². The summed E-state index contributed by atoms with van der Waals surface area (Å²) in [6, 6.07) is 9.43. The quantitative estimate of drug-likeness (QED) is 0.696. The van der Waals surface area contributed by atoms with Crippen LogP contribution < -0.4 is 0 Å². The van der Waals surface area contributed by atoms with Crippen LogP contribution in [0.15, 0.2) is 48.9 Å². The van der Waals surface area contributed by atoms with Crippen molar-refractivity contribution in [3.8, 4) is 22.9 Å². The van der Waals surface area contributed by atoms with Gasteiger partial charge in [0.1, 0.15) is 5.69 Å². The van der Waals surface area contributed by atoms with Crippen LogP contribution in [0.25, 0.3) is 22.9 Å². The number of pyridine rings is 2. The number of hydrogen-bond donors (Lipinski definition) is 1. The van der Waals surface area contributed by atoms with Gasteiger partial charge in [-0.15, -0.1) is 0 Å². The van der Waals surface area contributed by atoms with E-state index in [0.29, 0.717) is 11.6 Å². The van der Waals surface area contributed by atoms with Gasteiger partial charge < -0.3 is 0 Å². The zero-order valence-electron chi connectivity index (χ0n) is 9.91. The summed E-state index contributed by atoms with van der Waals surface area (Å²) in [7, 11) is 0. The van der Waals surface area contributed by atoms with Crippen molar-refractivity contribution in [2.75, 3.05) is 0 Å². The van der Waals surface area contributed by atoms with E-state index < -0.39 is 0 Å². The zero-order chi connectivity index (χ0) is 11.5. The standard InChI is InChI=1S/C12H9N5.Na/c1-2-7-14-10(5-1)12-15-11(16-17-12)9-4-3-6-13-8-9;/h1-8H,(H,15,16,17);. The first kappa shape index (κ1) is 12.9. The molecule has 0 bridgehead atoms. The molecule has 0 spiro atoms. The summed E-state index contributed by atoms with van der Waals surface area (Å²) in [6.07, 6.45) is 5.17. The molecule has 0 unspecified atom stereocenters. The maximum Gasteiger partial charge on any atom is 0.183 e. The number of H-pyrrole nitrogens is 1. The molecule has 0 saturated heterocycles. The predicted octanol–water partition coefficient (Wildman–Crippen LogP) is 1.55. The van der Waals surface area contributed by atoms with Gasteiger partial charge in [-0.2, -0.15) is 5.10 Å². The first-order chi connectivity index (χ1) is 8.43. The van der Waals surface area contributed by atoms with Gasteiger partial charge in [-0.1, -0.05) is 6.07 Å². The number of hydrogen-bond acceptors (Lipinski definition) is 4. The van der Waals surface area contributed by atoms with Crippen molar-refractivity contribution in [1.82, 2.24) is 25.1 Å². The molecule has 1 N–H and O–H groups in total. The molecule has 18 heavy (non-hydrogen) atoms. The number of rotatable bonds is 2. The summed E-state index contributed by atoms with van der Waals surface area (Å²) < 4.78 is 0. The number of nitrogens with zero attached hydrogens (tertiary/aromatic N) is 4. The van der Waals surface area contributed by atoms with E-state index in [1.807, 2.05) is 30.3 Å². The van der Waals surface area contributed by atoms with Crippen molar-refractivity contribution in [3.05, 3.63) is 48.9 Å². The normalized spacial score (nSPS) is 9.78. The van der Waals surface area contributed by atoms with Crippen LogP contribution in [0.3, 0.4) is 0 Å². The molecule has 0 saturated carbocycles. The maximum atomic E-state index is 4.38. The molecule has 0 aromatic carbocycles. The third-order valence-electron chi connectivity index (χ3n) is 2.31. The molecule has 3 aromatic heterocycles. The molecule has 1 radical (unpaired) electrons. The number of aromatic nitrogens is 5. The van der Waals surface area contributed by atoms with Crippen LogP contribution in [0.2, 0.25) is 0 Å². The van der Waals surface area contributed by atoms with Gasteiger partial charge in [0.15, 0.2) is 11.6 Å². The molecule has 5 nitrogen and oxygen atoms in total. The fourth-order valence-electron chi connectivity index (χ4n) is 1.50. The monoisotopic (exact) mass is 246 g/mol. The predicted molar refractivity (Wildman–Crippen MR) is 68.6 cm³/mol. The van der Waals surface area contributed by atoms with Gasteiger partial charge in [0, 0.05) is 53.7 Å². The number of aromatic amines is 1. The van der Waals surface area contributed by atoms with E-state index in [0.717, 1.165) is 11.3 Å². The minimum Gasteiger partial charge on any atom is -0.264 e. The fraction of sp³-hybridized carbons (Fsp3) is 0. The molecule has 0 aliphatic heterocycles. The molecule has 0 aliphatic carbocycles. The summed E-state index contributed by atoms with van der Waals surface area (Å²) in [4.78, 5) is 12.6. The molecule has 0 aliphatic rings. The zero-order valence-corrected chi connectivity index (χ0v) is 11.9. The van der Waals surface area contributed by atoms with E-state index in [1.54, 1.807) is 18.6 Å². The summed E-state index contributed by atoms with van der Waals surface area (Å²) in [5.74, 6) is 1.28. The maximum absolute atomic E-state index is 4.38. The van der Waals surface area contributed by atoms with E-state index in [-0.39, 0.29) is 29.6 Å². The molecule has 0 fully saturated rings. The molecule has 3 rings (SSSR count). The second-order valence-corrected chi connectivity index (χ2v) is 3.46. The summed E-state index contributed by atoms with van der Waals surface area (Å²) >= 11 is 0. The van der Waals surface area contributed by atoms with Crippen molar-refractivity contribution < 1.29 is 0 Å². The second-order valence-electron chi connectivity index (χ2n) is 3.46. The van der Waals surface area contributed by atoms with Crippen molar-refractivity contribution in [1.29, 1.82) is 0 Å². The summed E-state index contributed by atoms with van der Waals surface area (Å²) in [5, 5.41) is 7.02. The topological polar surface area (TPSA) is 67.3 Å². The van der Waals surface area contributed by atoms with E-state index in [9.17, 15) is 0 Å². The van der Waals surface area contributed by atoms with Crippen LogP contribution in [0.5, 0.6) is 0 Å². The van der Waals surface area contributed by atoms with Crippen LogP contribution in [-0.2, 0) is 0 Å². The third-order valence-corrected chi connectivity index (χ3v) is 2.31. The van der Waals surface area contributed by atoms with E-state index in [4.69, 9.17) is 0 Å². The van der Waals surface area contributed by atoms with Gasteiger partial charge in [0.2, 0.25) is 0 Å². The van der Waals surface area contributed by atoms with E-state index >= 15 is 0 Å². The van der Waals surface area contributed by atoms with Crippen LogP contribution in [0, 0.1) is 0 Å². The SMILES string of the molecule is [Na].c1ccc(-c2nc(-c3cccnc3)n[nH]2)nc1. The smallest absolute Gasteiger partial charge is 0.183 e. The Morgan fingerprint density at radius 3 is 2.67 bits per heavy atom. The largest absolute Gasteiger partial charge is 0.264 e. The average molecular weight is 246 g/mol. The minimum atomic E-state index is 0. The van der Waals surface area contributed by atoms with Crippen LogP contribution in [0.1, 0.15) is 0 Å². The first-order valence-electron chi connectivity index (χ1n) is 5.18. The van der Waals surface area contributed by atoms with Crippen molar-refractivity contribution in [2.24, 2.45) is 0 Å². The van der Waals surface area contributed by atoms with Crippen LogP contribution >= 0.6 is 0 Å². The van der Waals surface area contributed by atoms with Gasteiger partial charge in [-0.25, -0.2) is 4.98 Å². The Labute approximate surface area is 126 Å². The Balaban J connectivity index is 0.00000120. The third kappa shape index (κ3) is 2.64. The molecule has 0 atom stereocenters. The molecular formula is C12H9N5Na. The number of nitrogens with one attached hydrogen (secondary N) is 1. The molecular weight excluding hydrogens is 237 g/mol. The van der Waals surface area contributed by atoms with Crippen molar-refractivity contribution in [2.45, 2.75) is 0 Å². The van der Waals surface area contributed by atoms with Gasteiger partial charge in [0.05, 0.1) is 0 Å². The van der Waals surface area contributed by atoms with E-state index in [1.165, 1.54) is 0 Å². The Hall–Kier alpha value is -1.56. The molecule has 0 amide bonds. The summed E-state index contributed by atoms with van der Waals surface area (Å²) in [5.41, 5.74) is 1.65. The van der Waals surface area contributed by atoms with Crippen molar-refractivity contribution in [3.63, 3.8) is 0 Å². The van der Waals surface area contributed by atoms with Crippen LogP contribution in [0.4, 0.5) is 0 Å². The second kappa shape index (κ2) is 5.86.